The Labute approximate surface area is 118 Å². The number of likely N-dealkylation sites (tertiary alicyclic amines) is 1. The molecule has 0 aromatic carbocycles. The summed E-state index contributed by atoms with van der Waals surface area (Å²) >= 11 is 0. The lowest BCUT2D eigenvalue weighted by Crippen LogP contribution is -2.40. The molecule has 1 aromatic rings. The highest BCUT2D eigenvalue weighted by Gasteiger charge is 2.34. The summed E-state index contributed by atoms with van der Waals surface area (Å²) in [5.74, 6) is -1.11. The number of hydrogen-bond donors (Lipinski definition) is 1. The van der Waals surface area contributed by atoms with Gasteiger partial charge in [0.2, 0.25) is 0 Å². The van der Waals surface area contributed by atoms with E-state index in [-0.39, 0.29) is 23.6 Å². The van der Waals surface area contributed by atoms with Gasteiger partial charge in [0.25, 0.3) is 5.91 Å². The summed E-state index contributed by atoms with van der Waals surface area (Å²) in [7, 11) is 0. The van der Waals surface area contributed by atoms with Gasteiger partial charge >= 0.3 is 5.97 Å². The number of nitrogens with zero attached hydrogens (tertiary/aromatic N) is 2. The van der Waals surface area contributed by atoms with E-state index in [1.165, 1.54) is 12.1 Å². The van der Waals surface area contributed by atoms with Crippen LogP contribution in [0.25, 0.3) is 0 Å². The van der Waals surface area contributed by atoms with Gasteiger partial charge in [-0.3, -0.25) is 4.79 Å². The van der Waals surface area contributed by atoms with Crippen molar-refractivity contribution >= 4 is 11.9 Å². The number of pyridine rings is 1. The molecule has 20 heavy (non-hydrogen) atoms. The molecule has 0 bridgehead atoms. The van der Waals surface area contributed by atoms with E-state index in [9.17, 15) is 9.59 Å². The number of carbonyl (C=O) groups excluding carboxylic acids is 1. The predicted octanol–water partition coefficient (Wildman–Crippen LogP) is 2.49. The van der Waals surface area contributed by atoms with Crippen LogP contribution in [0.15, 0.2) is 12.1 Å². The molecule has 1 N–H and O–H groups in total. The molecule has 1 aliphatic rings. The second-order valence-corrected chi connectivity index (χ2v) is 5.34. The van der Waals surface area contributed by atoms with Crippen LogP contribution in [0, 0.1) is 6.92 Å². The Kier molecular flexibility index (Phi) is 4.06. The van der Waals surface area contributed by atoms with Gasteiger partial charge < -0.3 is 10.0 Å². The van der Waals surface area contributed by atoms with Crippen LogP contribution in [0.3, 0.4) is 0 Å². The number of carboxylic acids is 1. The molecule has 5 nitrogen and oxygen atoms in total. The molecular weight excluding hydrogens is 256 g/mol. The maximum absolute atomic E-state index is 12.6. The van der Waals surface area contributed by atoms with E-state index in [0.29, 0.717) is 11.4 Å². The van der Waals surface area contributed by atoms with Crippen molar-refractivity contribution in [3.63, 3.8) is 0 Å². The fourth-order valence-electron chi connectivity index (χ4n) is 2.88. The number of carboxylic acid groups (broad SMARTS) is 1. The molecule has 1 aromatic heterocycles. The smallest absolute Gasteiger partial charge is 0.337 e. The molecule has 2 atom stereocenters. The van der Waals surface area contributed by atoms with E-state index < -0.39 is 5.97 Å². The van der Waals surface area contributed by atoms with E-state index in [0.717, 1.165) is 19.3 Å². The van der Waals surface area contributed by atoms with Crippen molar-refractivity contribution in [3.8, 4) is 0 Å². The first-order chi connectivity index (χ1) is 9.45. The molecule has 0 spiro atoms. The molecule has 0 aliphatic carbocycles. The van der Waals surface area contributed by atoms with Crippen LogP contribution in [0.2, 0.25) is 0 Å². The summed E-state index contributed by atoms with van der Waals surface area (Å²) in [5, 5.41) is 8.99. The van der Waals surface area contributed by atoms with Gasteiger partial charge in [0.15, 0.2) is 0 Å². The lowest BCUT2D eigenvalue weighted by atomic mass is 10.1. The highest BCUT2D eigenvalue weighted by atomic mass is 16.4. The minimum atomic E-state index is -1.02. The highest BCUT2D eigenvalue weighted by molar-refractivity contribution is 5.95. The zero-order chi connectivity index (χ0) is 14.9. The summed E-state index contributed by atoms with van der Waals surface area (Å²) in [5.41, 5.74) is 0.853. The molecule has 2 unspecified atom stereocenters. The zero-order valence-electron chi connectivity index (χ0n) is 12.1. The van der Waals surface area contributed by atoms with Gasteiger partial charge in [0.1, 0.15) is 5.69 Å². The molecular formula is C15H20N2O3. The Bertz CT molecular complexity index is 542. The summed E-state index contributed by atoms with van der Waals surface area (Å²) in [6.07, 6.45) is 2.97. The minimum Gasteiger partial charge on any atom is -0.478 e. The average molecular weight is 276 g/mol. The lowest BCUT2D eigenvalue weighted by Gasteiger charge is -2.27. The van der Waals surface area contributed by atoms with Crippen molar-refractivity contribution < 1.29 is 14.7 Å². The van der Waals surface area contributed by atoms with E-state index in [1.54, 1.807) is 6.92 Å². The minimum absolute atomic E-state index is 0.0955. The fraction of sp³-hybridized carbons (Fsp3) is 0.533. The molecule has 1 aliphatic heterocycles. The van der Waals surface area contributed by atoms with Crippen molar-refractivity contribution in [1.29, 1.82) is 0 Å². The van der Waals surface area contributed by atoms with Gasteiger partial charge in [-0.15, -0.1) is 0 Å². The topological polar surface area (TPSA) is 70.5 Å². The van der Waals surface area contributed by atoms with E-state index >= 15 is 0 Å². The number of aromatic nitrogens is 1. The number of aryl methyl sites for hydroxylation is 1. The van der Waals surface area contributed by atoms with Crippen LogP contribution in [-0.4, -0.2) is 39.0 Å². The summed E-state index contributed by atoms with van der Waals surface area (Å²) < 4.78 is 0. The van der Waals surface area contributed by atoms with Crippen molar-refractivity contribution in [2.24, 2.45) is 0 Å². The van der Waals surface area contributed by atoms with Crippen molar-refractivity contribution in [2.45, 2.75) is 52.1 Å². The molecule has 0 saturated carbocycles. The van der Waals surface area contributed by atoms with Crippen LogP contribution in [0.5, 0.6) is 0 Å². The van der Waals surface area contributed by atoms with Crippen LogP contribution in [0.4, 0.5) is 0 Å². The molecule has 2 rings (SSSR count). The third-order valence-corrected chi connectivity index (χ3v) is 4.03. The van der Waals surface area contributed by atoms with E-state index in [1.807, 2.05) is 11.8 Å². The molecule has 1 fully saturated rings. The maximum Gasteiger partial charge on any atom is 0.337 e. The van der Waals surface area contributed by atoms with Crippen LogP contribution >= 0.6 is 0 Å². The van der Waals surface area contributed by atoms with Gasteiger partial charge in [-0.2, -0.15) is 0 Å². The molecule has 1 saturated heterocycles. The molecule has 0 radical (unpaired) electrons. The SMILES string of the molecule is CCC1CCC(C)N1C(=O)c1ccc(C(=O)O)c(C)n1. The van der Waals surface area contributed by atoms with Gasteiger partial charge in [-0.1, -0.05) is 6.92 Å². The standard InChI is InChI=1S/C15H20N2O3/c1-4-11-6-5-9(2)17(11)14(18)13-8-7-12(15(19)20)10(3)16-13/h7-9,11H,4-6H2,1-3H3,(H,19,20). The summed E-state index contributed by atoms with van der Waals surface area (Å²) in [4.78, 5) is 29.6. The molecule has 5 heteroatoms. The van der Waals surface area contributed by atoms with Crippen LogP contribution in [-0.2, 0) is 0 Å². The van der Waals surface area contributed by atoms with Gasteiger partial charge in [-0.05, 0) is 45.2 Å². The van der Waals surface area contributed by atoms with E-state index in [4.69, 9.17) is 5.11 Å². The number of rotatable bonds is 3. The number of amides is 1. The fourth-order valence-corrected chi connectivity index (χ4v) is 2.88. The monoisotopic (exact) mass is 276 g/mol. The number of aromatic carboxylic acids is 1. The lowest BCUT2D eigenvalue weighted by molar-refractivity contribution is 0.0662. The Morgan fingerprint density at radius 1 is 1.40 bits per heavy atom. The number of hydrogen-bond acceptors (Lipinski definition) is 3. The Hall–Kier alpha value is -1.91. The second-order valence-electron chi connectivity index (χ2n) is 5.34. The zero-order valence-corrected chi connectivity index (χ0v) is 12.1. The first-order valence-electron chi connectivity index (χ1n) is 6.99. The average Bonchev–Trinajstić information content (AvgIpc) is 2.78. The maximum atomic E-state index is 12.6. The van der Waals surface area contributed by atoms with Crippen LogP contribution in [0.1, 0.15) is 59.7 Å². The van der Waals surface area contributed by atoms with Gasteiger partial charge in [0.05, 0.1) is 11.3 Å². The quantitative estimate of drug-likeness (QED) is 0.920. The molecule has 1 amide bonds. The van der Waals surface area contributed by atoms with Crippen molar-refractivity contribution in [3.05, 3.63) is 29.1 Å². The van der Waals surface area contributed by atoms with Crippen LogP contribution < -0.4 is 0 Å². The van der Waals surface area contributed by atoms with Gasteiger partial charge in [-0.25, -0.2) is 9.78 Å². The Balaban J connectivity index is 2.29. The van der Waals surface area contributed by atoms with Crippen molar-refractivity contribution in [1.82, 2.24) is 9.88 Å². The third-order valence-electron chi connectivity index (χ3n) is 4.03. The van der Waals surface area contributed by atoms with Gasteiger partial charge in [0, 0.05) is 12.1 Å². The van der Waals surface area contributed by atoms with E-state index in [2.05, 4.69) is 11.9 Å². The Morgan fingerprint density at radius 2 is 2.10 bits per heavy atom. The second kappa shape index (κ2) is 5.61. The highest BCUT2D eigenvalue weighted by Crippen LogP contribution is 2.27. The van der Waals surface area contributed by atoms with Crippen molar-refractivity contribution in [2.75, 3.05) is 0 Å². The molecule has 108 valence electrons. The normalized spacial score (nSPS) is 22.1. The first kappa shape index (κ1) is 14.5. The summed E-state index contributed by atoms with van der Waals surface area (Å²) in [6.45, 7) is 5.74. The first-order valence-corrected chi connectivity index (χ1v) is 6.99. The molecule has 2 heterocycles. The number of carbonyl (C=O) groups is 2. The third kappa shape index (κ3) is 2.53. The summed E-state index contributed by atoms with van der Waals surface area (Å²) in [6, 6.07) is 3.45. The largest absolute Gasteiger partial charge is 0.478 e. The predicted molar refractivity (Wildman–Crippen MR) is 74.9 cm³/mol. The Morgan fingerprint density at radius 3 is 2.65 bits per heavy atom.